The summed E-state index contributed by atoms with van der Waals surface area (Å²) in [6.45, 7) is 6.69. The largest absolute Gasteiger partial charge is 0.326 e. The van der Waals surface area contributed by atoms with Crippen LogP contribution in [0.25, 0.3) is 5.82 Å². The summed E-state index contributed by atoms with van der Waals surface area (Å²) in [7, 11) is 0. The molecule has 0 saturated carbocycles. The number of nitrogens with two attached hydrogens (primary N) is 1. The van der Waals surface area contributed by atoms with Gasteiger partial charge in [0.15, 0.2) is 5.82 Å². The van der Waals surface area contributed by atoms with Gasteiger partial charge in [-0.2, -0.15) is 5.10 Å². The van der Waals surface area contributed by atoms with Crippen molar-refractivity contribution in [2.45, 2.75) is 33.2 Å². The summed E-state index contributed by atoms with van der Waals surface area (Å²) in [4.78, 5) is 4.51. The molecule has 2 aromatic rings. The summed E-state index contributed by atoms with van der Waals surface area (Å²) in [6, 6.07) is 6.00. The Bertz CT molecular complexity index is 514. The number of rotatable bonds is 3. The number of nitrogens with zero attached hydrogens (tertiary/aromatic N) is 3. The summed E-state index contributed by atoms with van der Waals surface area (Å²) < 4.78 is 1.81. The Kier molecular flexibility index (Phi) is 3.24. The van der Waals surface area contributed by atoms with E-state index in [0.29, 0.717) is 12.5 Å². The second-order valence-corrected chi connectivity index (χ2v) is 4.48. The average Bonchev–Trinajstić information content (AvgIpc) is 2.78. The van der Waals surface area contributed by atoms with E-state index < -0.39 is 0 Å². The fourth-order valence-electron chi connectivity index (χ4n) is 1.69. The molecule has 0 aliphatic carbocycles. The summed E-state index contributed by atoms with van der Waals surface area (Å²) in [5, 5.41) is 4.53. The third-order valence-corrected chi connectivity index (χ3v) is 2.73. The molecule has 2 heterocycles. The van der Waals surface area contributed by atoms with E-state index in [1.165, 1.54) is 0 Å². The topological polar surface area (TPSA) is 56.7 Å². The number of pyridine rings is 1. The number of aromatic nitrogens is 3. The number of hydrogen-bond donors (Lipinski definition) is 1. The van der Waals surface area contributed by atoms with Crippen molar-refractivity contribution in [2.24, 2.45) is 5.73 Å². The first-order valence-electron chi connectivity index (χ1n) is 5.84. The van der Waals surface area contributed by atoms with Gasteiger partial charge in [-0.05, 0) is 25.0 Å². The Hall–Kier alpha value is -1.68. The maximum Gasteiger partial charge on any atom is 0.158 e. The van der Waals surface area contributed by atoms with Crippen LogP contribution in [0.5, 0.6) is 0 Å². The first-order chi connectivity index (χ1) is 8.11. The molecule has 17 heavy (non-hydrogen) atoms. The molecular weight excluding hydrogens is 212 g/mol. The fraction of sp³-hybridized carbons (Fsp3) is 0.385. The molecule has 0 bridgehead atoms. The van der Waals surface area contributed by atoms with E-state index in [1.54, 1.807) is 0 Å². The van der Waals surface area contributed by atoms with Crippen LogP contribution in [0, 0.1) is 6.92 Å². The van der Waals surface area contributed by atoms with Crippen LogP contribution in [0.2, 0.25) is 0 Å². The molecule has 2 rings (SSSR count). The van der Waals surface area contributed by atoms with Crippen molar-refractivity contribution in [2.75, 3.05) is 0 Å². The Morgan fingerprint density at radius 1 is 1.29 bits per heavy atom. The van der Waals surface area contributed by atoms with Gasteiger partial charge in [0.1, 0.15) is 0 Å². The highest BCUT2D eigenvalue weighted by molar-refractivity contribution is 5.34. The van der Waals surface area contributed by atoms with Crippen LogP contribution in [-0.2, 0) is 6.54 Å². The maximum atomic E-state index is 5.72. The molecule has 0 aliphatic heterocycles. The molecule has 0 aliphatic rings. The van der Waals surface area contributed by atoms with Crippen molar-refractivity contribution >= 4 is 0 Å². The van der Waals surface area contributed by atoms with Crippen molar-refractivity contribution in [3.8, 4) is 5.82 Å². The second-order valence-electron chi connectivity index (χ2n) is 4.48. The monoisotopic (exact) mass is 230 g/mol. The lowest BCUT2D eigenvalue weighted by atomic mass is 10.1. The lowest BCUT2D eigenvalue weighted by molar-refractivity contribution is 0.748. The van der Waals surface area contributed by atoms with E-state index in [1.807, 2.05) is 36.0 Å². The van der Waals surface area contributed by atoms with Gasteiger partial charge in [0.05, 0.1) is 5.69 Å². The van der Waals surface area contributed by atoms with E-state index in [2.05, 4.69) is 23.9 Å². The van der Waals surface area contributed by atoms with E-state index in [9.17, 15) is 0 Å². The van der Waals surface area contributed by atoms with Crippen LogP contribution >= 0.6 is 0 Å². The molecule has 4 heteroatoms. The van der Waals surface area contributed by atoms with Crippen molar-refractivity contribution in [1.29, 1.82) is 0 Å². The highest BCUT2D eigenvalue weighted by atomic mass is 15.3. The van der Waals surface area contributed by atoms with Gasteiger partial charge in [0.2, 0.25) is 0 Å². The van der Waals surface area contributed by atoms with Gasteiger partial charge in [-0.1, -0.05) is 19.9 Å². The van der Waals surface area contributed by atoms with Crippen LogP contribution in [0.4, 0.5) is 0 Å². The van der Waals surface area contributed by atoms with E-state index in [0.717, 1.165) is 22.8 Å². The summed E-state index contributed by atoms with van der Waals surface area (Å²) in [5.41, 5.74) is 8.77. The molecule has 0 aromatic carbocycles. The highest BCUT2D eigenvalue weighted by Gasteiger charge is 2.09. The summed E-state index contributed by atoms with van der Waals surface area (Å²) in [6.07, 6.45) is 1.94. The van der Waals surface area contributed by atoms with Gasteiger partial charge in [-0.3, -0.25) is 0 Å². The first-order valence-corrected chi connectivity index (χ1v) is 5.84. The zero-order valence-electron chi connectivity index (χ0n) is 10.5. The Balaban J connectivity index is 2.47. The normalized spacial score (nSPS) is 11.1. The van der Waals surface area contributed by atoms with E-state index in [-0.39, 0.29) is 0 Å². The van der Waals surface area contributed by atoms with Crippen LogP contribution in [0.3, 0.4) is 0 Å². The van der Waals surface area contributed by atoms with E-state index in [4.69, 9.17) is 5.73 Å². The molecule has 0 unspecified atom stereocenters. The molecule has 0 saturated heterocycles. The van der Waals surface area contributed by atoms with Crippen molar-refractivity contribution in [3.05, 3.63) is 41.3 Å². The third-order valence-electron chi connectivity index (χ3n) is 2.73. The van der Waals surface area contributed by atoms with Crippen LogP contribution in [0.1, 0.15) is 36.7 Å². The molecule has 4 nitrogen and oxygen atoms in total. The zero-order chi connectivity index (χ0) is 12.4. The average molecular weight is 230 g/mol. The second kappa shape index (κ2) is 4.67. The smallest absolute Gasteiger partial charge is 0.158 e. The van der Waals surface area contributed by atoms with E-state index >= 15 is 0 Å². The minimum absolute atomic E-state index is 0.419. The molecule has 0 amide bonds. The molecule has 0 radical (unpaired) electrons. The molecule has 90 valence electrons. The molecule has 2 aromatic heterocycles. The minimum atomic E-state index is 0.419. The predicted octanol–water partition coefficient (Wildman–Crippen LogP) is 2.16. The lowest BCUT2D eigenvalue weighted by Crippen LogP contribution is -2.08. The van der Waals surface area contributed by atoms with Crippen LogP contribution < -0.4 is 5.73 Å². The zero-order valence-corrected chi connectivity index (χ0v) is 10.5. The van der Waals surface area contributed by atoms with Gasteiger partial charge in [0, 0.05) is 24.0 Å². The summed E-state index contributed by atoms with van der Waals surface area (Å²) in [5.74, 6) is 1.25. The minimum Gasteiger partial charge on any atom is -0.326 e. The van der Waals surface area contributed by atoms with Gasteiger partial charge in [-0.15, -0.1) is 0 Å². The van der Waals surface area contributed by atoms with Gasteiger partial charge >= 0.3 is 0 Å². The lowest BCUT2D eigenvalue weighted by Gasteiger charge is -2.08. The van der Waals surface area contributed by atoms with Crippen LogP contribution in [-0.4, -0.2) is 14.8 Å². The Morgan fingerprint density at radius 2 is 2.06 bits per heavy atom. The standard InChI is InChI=1S/C13H18N4/c1-9(2)12-6-7-17(16-12)13-11(8-14)5-4-10(3)15-13/h4-7,9H,8,14H2,1-3H3. The van der Waals surface area contributed by atoms with Crippen LogP contribution in [0.15, 0.2) is 24.4 Å². The quantitative estimate of drug-likeness (QED) is 0.879. The Labute approximate surface area is 101 Å². The van der Waals surface area contributed by atoms with Gasteiger partial charge in [-0.25, -0.2) is 9.67 Å². The molecule has 2 N–H and O–H groups in total. The Morgan fingerprint density at radius 3 is 2.65 bits per heavy atom. The first kappa shape index (κ1) is 11.8. The molecule has 0 fully saturated rings. The highest BCUT2D eigenvalue weighted by Crippen LogP contribution is 2.16. The summed E-state index contributed by atoms with van der Waals surface area (Å²) >= 11 is 0. The van der Waals surface area contributed by atoms with Gasteiger partial charge in [0.25, 0.3) is 0 Å². The van der Waals surface area contributed by atoms with Gasteiger partial charge < -0.3 is 5.73 Å². The fourth-order valence-corrected chi connectivity index (χ4v) is 1.69. The predicted molar refractivity (Wildman–Crippen MR) is 68.1 cm³/mol. The number of hydrogen-bond acceptors (Lipinski definition) is 3. The SMILES string of the molecule is Cc1ccc(CN)c(-n2ccc(C(C)C)n2)n1. The number of aryl methyl sites for hydroxylation is 1. The maximum absolute atomic E-state index is 5.72. The third kappa shape index (κ3) is 2.36. The molecule has 0 atom stereocenters. The van der Waals surface area contributed by atoms with Crippen molar-refractivity contribution in [3.63, 3.8) is 0 Å². The van der Waals surface area contributed by atoms with Crippen molar-refractivity contribution < 1.29 is 0 Å². The molecule has 0 spiro atoms. The van der Waals surface area contributed by atoms with Crippen molar-refractivity contribution in [1.82, 2.24) is 14.8 Å². The molecular formula is C13H18N4.